The van der Waals surface area contributed by atoms with Crippen LogP contribution in [-0.2, 0) is 10.0 Å². The van der Waals surface area contributed by atoms with Crippen molar-refractivity contribution in [3.8, 4) is 0 Å². The molecule has 4 nitrogen and oxygen atoms in total. The standard InChI is InChI=1S/C12H16ClF3N2O2S/c1-3-9(4-2)18(8-12(14,15)16)21(19,20)10-6-5-7-17-11(10)13/h5-7,9H,3-4,8H2,1-2H3. The SMILES string of the molecule is CCC(CC)N(CC(F)(F)F)S(=O)(=O)c1cccnc1Cl. The number of sulfonamides is 1. The van der Waals surface area contributed by atoms with E-state index in [2.05, 4.69) is 4.98 Å². The van der Waals surface area contributed by atoms with E-state index in [0.29, 0.717) is 4.31 Å². The third kappa shape index (κ3) is 4.55. The highest BCUT2D eigenvalue weighted by molar-refractivity contribution is 7.89. The fraction of sp³-hybridized carbons (Fsp3) is 0.583. The first-order valence-electron chi connectivity index (χ1n) is 6.32. The Morgan fingerprint density at radius 3 is 2.33 bits per heavy atom. The molecular formula is C12H16ClF3N2O2S. The molecule has 1 aromatic heterocycles. The number of halogens is 4. The Morgan fingerprint density at radius 2 is 1.90 bits per heavy atom. The average Bonchev–Trinajstić information content (AvgIpc) is 2.38. The van der Waals surface area contributed by atoms with Crippen molar-refractivity contribution in [3.05, 3.63) is 23.5 Å². The van der Waals surface area contributed by atoms with Gasteiger partial charge in [-0.15, -0.1) is 0 Å². The lowest BCUT2D eigenvalue weighted by Gasteiger charge is -2.30. The smallest absolute Gasteiger partial charge is 0.243 e. The van der Waals surface area contributed by atoms with E-state index < -0.39 is 33.7 Å². The van der Waals surface area contributed by atoms with Crippen molar-refractivity contribution in [2.24, 2.45) is 0 Å². The van der Waals surface area contributed by atoms with Gasteiger partial charge in [0.1, 0.15) is 16.6 Å². The van der Waals surface area contributed by atoms with Crippen molar-refractivity contribution in [1.29, 1.82) is 0 Å². The van der Waals surface area contributed by atoms with Gasteiger partial charge in [-0.05, 0) is 25.0 Å². The highest BCUT2D eigenvalue weighted by Crippen LogP contribution is 2.29. The van der Waals surface area contributed by atoms with Crippen LogP contribution >= 0.6 is 11.6 Å². The van der Waals surface area contributed by atoms with Crippen molar-refractivity contribution >= 4 is 21.6 Å². The van der Waals surface area contributed by atoms with Gasteiger partial charge in [0.05, 0.1) is 0 Å². The number of pyridine rings is 1. The Kier molecular flexibility index (Phi) is 6.01. The zero-order valence-electron chi connectivity index (χ0n) is 11.6. The monoisotopic (exact) mass is 344 g/mol. The molecule has 120 valence electrons. The third-order valence-electron chi connectivity index (χ3n) is 3.00. The molecule has 1 rings (SSSR count). The number of aromatic nitrogens is 1. The molecule has 1 aromatic rings. The van der Waals surface area contributed by atoms with E-state index >= 15 is 0 Å². The summed E-state index contributed by atoms with van der Waals surface area (Å²) in [6.07, 6.45) is -2.83. The predicted octanol–water partition coefficient (Wildman–Crippen LogP) is 3.48. The molecule has 0 amide bonds. The fourth-order valence-corrected chi connectivity index (χ4v) is 4.16. The van der Waals surface area contributed by atoms with Crippen LogP contribution in [-0.4, -0.2) is 36.5 Å². The van der Waals surface area contributed by atoms with Crippen LogP contribution in [0.5, 0.6) is 0 Å². The average molecular weight is 345 g/mol. The van der Waals surface area contributed by atoms with Crippen LogP contribution < -0.4 is 0 Å². The van der Waals surface area contributed by atoms with Gasteiger partial charge < -0.3 is 0 Å². The van der Waals surface area contributed by atoms with Crippen molar-refractivity contribution in [1.82, 2.24) is 9.29 Å². The molecule has 0 aromatic carbocycles. The third-order valence-corrected chi connectivity index (χ3v) is 5.34. The number of hydrogen-bond acceptors (Lipinski definition) is 3. The van der Waals surface area contributed by atoms with Gasteiger partial charge in [-0.1, -0.05) is 25.4 Å². The van der Waals surface area contributed by atoms with Crippen LogP contribution in [0.2, 0.25) is 5.15 Å². The summed E-state index contributed by atoms with van der Waals surface area (Å²) in [7, 11) is -4.37. The molecule has 0 N–H and O–H groups in total. The van der Waals surface area contributed by atoms with Crippen molar-refractivity contribution in [2.45, 2.75) is 43.8 Å². The summed E-state index contributed by atoms with van der Waals surface area (Å²) in [6.45, 7) is 1.72. The molecule has 1 heterocycles. The molecule has 0 radical (unpaired) electrons. The lowest BCUT2D eigenvalue weighted by molar-refractivity contribution is -0.139. The van der Waals surface area contributed by atoms with E-state index in [4.69, 9.17) is 11.6 Å². The van der Waals surface area contributed by atoms with Crippen LogP contribution in [0.3, 0.4) is 0 Å². The second-order valence-corrected chi connectivity index (χ2v) is 6.65. The molecule has 9 heteroatoms. The summed E-state index contributed by atoms with van der Waals surface area (Å²) in [5, 5.41) is -0.337. The van der Waals surface area contributed by atoms with Crippen molar-refractivity contribution < 1.29 is 21.6 Å². The van der Waals surface area contributed by atoms with Crippen molar-refractivity contribution in [3.63, 3.8) is 0 Å². The van der Waals surface area contributed by atoms with Crippen LogP contribution in [0, 0.1) is 0 Å². The maximum atomic E-state index is 12.7. The molecule has 0 bridgehead atoms. The molecule has 0 aliphatic heterocycles. The molecule has 0 fully saturated rings. The van der Waals surface area contributed by atoms with Gasteiger partial charge in [0, 0.05) is 12.2 Å². The molecule has 0 aliphatic carbocycles. The Hall–Kier alpha value is -0.860. The first-order valence-corrected chi connectivity index (χ1v) is 8.14. The summed E-state index contributed by atoms with van der Waals surface area (Å²) in [5.74, 6) is 0. The maximum Gasteiger partial charge on any atom is 0.402 e. The zero-order chi connectivity index (χ0) is 16.3. The first kappa shape index (κ1) is 18.2. The second kappa shape index (κ2) is 6.93. The lowest BCUT2D eigenvalue weighted by Crippen LogP contribution is -2.45. The topological polar surface area (TPSA) is 50.3 Å². The highest BCUT2D eigenvalue weighted by Gasteiger charge is 2.40. The molecule has 0 atom stereocenters. The van der Waals surface area contributed by atoms with Gasteiger partial charge in [-0.2, -0.15) is 17.5 Å². The van der Waals surface area contributed by atoms with E-state index in [1.54, 1.807) is 13.8 Å². The van der Waals surface area contributed by atoms with Crippen molar-refractivity contribution in [2.75, 3.05) is 6.54 Å². The van der Waals surface area contributed by atoms with Crippen LogP contribution in [0.4, 0.5) is 13.2 Å². The van der Waals surface area contributed by atoms with Gasteiger partial charge in [0.15, 0.2) is 0 Å². The molecule has 0 saturated heterocycles. The van der Waals surface area contributed by atoms with Gasteiger partial charge in [0.25, 0.3) is 0 Å². The number of hydrogen-bond donors (Lipinski definition) is 0. The highest BCUT2D eigenvalue weighted by atomic mass is 35.5. The van der Waals surface area contributed by atoms with Gasteiger partial charge in [-0.3, -0.25) is 0 Å². The molecule has 0 saturated carbocycles. The Balaban J connectivity index is 3.33. The Bertz CT molecular complexity index is 574. The minimum Gasteiger partial charge on any atom is -0.243 e. The van der Waals surface area contributed by atoms with E-state index in [-0.39, 0.29) is 18.0 Å². The summed E-state index contributed by atoms with van der Waals surface area (Å²) in [6, 6.07) is 1.71. The van der Waals surface area contributed by atoms with Crippen LogP contribution in [0.15, 0.2) is 23.2 Å². The van der Waals surface area contributed by atoms with E-state index in [1.165, 1.54) is 12.3 Å². The Morgan fingerprint density at radius 1 is 1.33 bits per heavy atom. The molecule has 0 unspecified atom stereocenters. The van der Waals surface area contributed by atoms with Gasteiger partial charge >= 0.3 is 6.18 Å². The number of rotatable bonds is 6. The quantitative estimate of drug-likeness (QED) is 0.742. The zero-order valence-corrected chi connectivity index (χ0v) is 13.1. The number of alkyl halides is 3. The van der Waals surface area contributed by atoms with Crippen LogP contribution in [0.1, 0.15) is 26.7 Å². The summed E-state index contributed by atoms with van der Waals surface area (Å²) in [4.78, 5) is 3.20. The molecule has 0 aliphatic rings. The number of nitrogens with zero attached hydrogens (tertiary/aromatic N) is 2. The van der Waals surface area contributed by atoms with E-state index in [1.807, 2.05) is 0 Å². The lowest BCUT2D eigenvalue weighted by atomic mass is 10.2. The molecular weight excluding hydrogens is 329 g/mol. The molecule has 21 heavy (non-hydrogen) atoms. The fourth-order valence-electron chi connectivity index (χ4n) is 1.97. The minimum atomic E-state index is -4.63. The summed E-state index contributed by atoms with van der Waals surface area (Å²) < 4.78 is 63.6. The van der Waals surface area contributed by atoms with Gasteiger partial charge in [-0.25, -0.2) is 13.4 Å². The summed E-state index contributed by atoms with van der Waals surface area (Å²) in [5.41, 5.74) is 0. The van der Waals surface area contributed by atoms with Crippen LogP contribution in [0.25, 0.3) is 0 Å². The van der Waals surface area contributed by atoms with Gasteiger partial charge in [0.2, 0.25) is 10.0 Å². The van der Waals surface area contributed by atoms with E-state index in [0.717, 1.165) is 6.07 Å². The van der Waals surface area contributed by atoms with E-state index in [9.17, 15) is 21.6 Å². The second-order valence-electron chi connectivity index (χ2n) is 4.43. The Labute approximate surface area is 127 Å². The summed E-state index contributed by atoms with van der Waals surface area (Å²) >= 11 is 5.72. The first-order chi connectivity index (χ1) is 9.63. The largest absolute Gasteiger partial charge is 0.402 e. The normalized spacial score (nSPS) is 13.1. The maximum absolute atomic E-state index is 12.7. The molecule has 0 spiro atoms. The predicted molar refractivity (Wildman–Crippen MR) is 73.6 cm³/mol. The minimum absolute atomic E-state index is 0.268.